The van der Waals surface area contributed by atoms with Gasteiger partial charge in [-0.2, -0.15) is 0 Å². The molecule has 1 heterocycles. The average molecular weight is 551 g/mol. The predicted octanol–water partition coefficient (Wildman–Crippen LogP) is 4.80. The second kappa shape index (κ2) is 11.9. The molecule has 0 unspecified atom stereocenters. The second-order valence-electron chi connectivity index (χ2n) is 6.69. The van der Waals surface area contributed by atoms with Gasteiger partial charge in [0.1, 0.15) is 11.6 Å². The van der Waals surface area contributed by atoms with E-state index in [0.717, 1.165) is 4.47 Å². The van der Waals surface area contributed by atoms with Gasteiger partial charge in [0.25, 0.3) is 0 Å². The standard InChI is InChI=1S/C22H21BrClN5O3S/c1-3-10-29-19(12-20(30)26-17-6-4-5-7-18(17)32-2)27-28-22(29)33-13-21(31)25-14-8-9-15(23)16(24)11-14/h3-9,11H,1,10,12-13H2,2H3,(H,25,31)(H,26,30). The molecule has 8 nitrogen and oxygen atoms in total. The number of para-hydroxylation sites is 2. The molecule has 0 aliphatic heterocycles. The zero-order valence-electron chi connectivity index (χ0n) is 17.7. The fraction of sp³-hybridized carbons (Fsp3) is 0.182. The molecule has 2 amide bonds. The maximum absolute atomic E-state index is 12.6. The Hall–Kier alpha value is -2.82. The highest BCUT2D eigenvalue weighted by Crippen LogP contribution is 2.26. The summed E-state index contributed by atoms with van der Waals surface area (Å²) in [6.07, 6.45) is 1.68. The normalized spacial score (nSPS) is 10.5. The van der Waals surface area contributed by atoms with Crippen molar-refractivity contribution in [3.05, 3.63) is 70.4 Å². The minimum atomic E-state index is -0.265. The highest BCUT2D eigenvalue weighted by molar-refractivity contribution is 9.10. The number of ether oxygens (including phenoxy) is 1. The largest absolute Gasteiger partial charge is 0.495 e. The maximum Gasteiger partial charge on any atom is 0.234 e. The van der Waals surface area contributed by atoms with Crippen molar-refractivity contribution in [3.63, 3.8) is 0 Å². The van der Waals surface area contributed by atoms with Gasteiger partial charge in [-0.1, -0.05) is 41.6 Å². The summed E-state index contributed by atoms with van der Waals surface area (Å²) in [5.41, 5.74) is 1.16. The van der Waals surface area contributed by atoms with Crippen LogP contribution in [0.25, 0.3) is 0 Å². The molecule has 0 aliphatic carbocycles. The summed E-state index contributed by atoms with van der Waals surface area (Å²) in [5, 5.41) is 14.9. The monoisotopic (exact) mass is 549 g/mol. The zero-order valence-corrected chi connectivity index (χ0v) is 20.8. The number of aromatic nitrogens is 3. The molecule has 3 aromatic rings. The van der Waals surface area contributed by atoms with Crippen molar-refractivity contribution in [1.29, 1.82) is 0 Å². The molecule has 0 atom stereocenters. The molecule has 0 saturated heterocycles. The van der Waals surface area contributed by atoms with E-state index in [4.69, 9.17) is 16.3 Å². The van der Waals surface area contributed by atoms with Crippen LogP contribution >= 0.6 is 39.3 Å². The fourth-order valence-electron chi connectivity index (χ4n) is 2.86. The molecule has 2 N–H and O–H groups in total. The number of thioether (sulfide) groups is 1. The van der Waals surface area contributed by atoms with Gasteiger partial charge in [0.05, 0.1) is 30.0 Å². The molecule has 1 aromatic heterocycles. The smallest absolute Gasteiger partial charge is 0.234 e. The van der Waals surface area contributed by atoms with Crippen LogP contribution in [0.15, 0.2) is 64.7 Å². The molecule has 11 heteroatoms. The van der Waals surface area contributed by atoms with Crippen LogP contribution in [0.1, 0.15) is 5.82 Å². The van der Waals surface area contributed by atoms with Crippen LogP contribution < -0.4 is 15.4 Å². The lowest BCUT2D eigenvalue weighted by molar-refractivity contribution is -0.116. The van der Waals surface area contributed by atoms with Gasteiger partial charge in [-0.25, -0.2) is 0 Å². The van der Waals surface area contributed by atoms with Crippen LogP contribution in [0.2, 0.25) is 5.02 Å². The Labute approximate surface area is 208 Å². The Morgan fingerprint density at radius 2 is 2.00 bits per heavy atom. The molecular formula is C22H21BrClN5O3S. The predicted molar refractivity (Wildman–Crippen MR) is 134 cm³/mol. The minimum Gasteiger partial charge on any atom is -0.495 e. The molecule has 0 aliphatic rings. The Morgan fingerprint density at radius 3 is 2.73 bits per heavy atom. The van der Waals surface area contributed by atoms with E-state index in [1.54, 1.807) is 47.0 Å². The number of nitrogens with one attached hydrogen (secondary N) is 2. The highest BCUT2D eigenvalue weighted by atomic mass is 79.9. The summed E-state index contributed by atoms with van der Waals surface area (Å²) in [7, 11) is 1.54. The Bertz CT molecular complexity index is 1170. The van der Waals surface area contributed by atoms with Gasteiger partial charge >= 0.3 is 0 Å². The number of nitrogens with zero attached hydrogens (tertiary/aromatic N) is 3. The average Bonchev–Trinajstić information content (AvgIpc) is 3.16. The number of allylic oxidation sites excluding steroid dienone is 1. The molecule has 33 heavy (non-hydrogen) atoms. The number of halogens is 2. The summed E-state index contributed by atoms with van der Waals surface area (Å²) in [6, 6.07) is 12.3. The zero-order chi connectivity index (χ0) is 23.8. The van der Waals surface area contributed by atoms with E-state index in [1.807, 2.05) is 6.07 Å². The van der Waals surface area contributed by atoms with Crippen LogP contribution in [0, 0.1) is 0 Å². The topological polar surface area (TPSA) is 98.1 Å². The third kappa shape index (κ3) is 6.83. The number of carbonyl (C=O) groups excluding carboxylic acids is 2. The molecule has 172 valence electrons. The summed E-state index contributed by atoms with van der Waals surface area (Å²) >= 11 is 10.6. The van der Waals surface area contributed by atoms with Crippen LogP contribution in [0.4, 0.5) is 11.4 Å². The molecule has 0 saturated carbocycles. The summed E-state index contributed by atoms with van der Waals surface area (Å²) in [5.74, 6) is 0.648. The Balaban J connectivity index is 1.63. The van der Waals surface area contributed by atoms with Crippen LogP contribution in [-0.4, -0.2) is 39.4 Å². The van der Waals surface area contributed by atoms with E-state index in [2.05, 4.69) is 43.3 Å². The first-order chi connectivity index (χ1) is 15.9. The van der Waals surface area contributed by atoms with Gasteiger partial charge in [0.15, 0.2) is 5.16 Å². The number of amides is 2. The number of carbonyl (C=O) groups is 2. The second-order valence-corrected chi connectivity index (χ2v) is 8.89. The summed E-state index contributed by atoms with van der Waals surface area (Å²) < 4.78 is 7.76. The van der Waals surface area contributed by atoms with Crippen molar-refractivity contribution in [2.45, 2.75) is 18.1 Å². The first kappa shape index (κ1) is 24.8. The van der Waals surface area contributed by atoms with Crippen molar-refractivity contribution in [2.75, 3.05) is 23.5 Å². The minimum absolute atomic E-state index is 0.00301. The van der Waals surface area contributed by atoms with Gasteiger partial charge in [-0.3, -0.25) is 9.59 Å². The van der Waals surface area contributed by atoms with Crippen LogP contribution in [0.3, 0.4) is 0 Å². The van der Waals surface area contributed by atoms with E-state index < -0.39 is 0 Å². The summed E-state index contributed by atoms with van der Waals surface area (Å²) in [4.78, 5) is 24.9. The van der Waals surface area contributed by atoms with Crippen molar-refractivity contribution < 1.29 is 14.3 Å². The number of hydrogen-bond acceptors (Lipinski definition) is 6. The lowest BCUT2D eigenvalue weighted by Crippen LogP contribution is -2.18. The van der Waals surface area contributed by atoms with Crippen molar-refractivity contribution in [2.24, 2.45) is 0 Å². The van der Waals surface area contributed by atoms with E-state index in [9.17, 15) is 9.59 Å². The van der Waals surface area contributed by atoms with Gasteiger partial charge in [-0.15, -0.1) is 16.8 Å². The highest BCUT2D eigenvalue weighted by Gasteiger charge is 2.17. The van der Waals surface area contributed by atoms with E-state index >= 15 is 0 Å². The van der Waals surface area contributed by atoms with Gasteiger partial charge < -0.3 is 19.9 Å². The number of benzene rings is 2. The molecule has 3 rings (SSSR count). The van der Waals surface area contributed by atoms with E-state index in [-0.39, 0.29) is 24.0 Å². The van der Waals surface area contributed by atoms with E-state index in [0.29, 0.717) is 39.7 Å². The first-order valence-electron chi connectivity index (χ1n) is 9.74. The van der Waals surface area contributed by atoms with Gasteiger partial charge in [0, 0.05) is 16.7 Å². The van der Waals surface area contributed by atoms with E-state index in [1.165, 1.54) is 18.9 Å². The number of anilines is 2. The van der Waals surface area contributed by atoms with Crippen LogP contribution in [0.5, 0.6) is 5.75 Å². The number of hydrogen-bond donors (Lipinski definition) is 2. The molecule has 0 spiro atoms. The van der Waals surface area contributed by atoms with Crippen molar-refractivity contribution in [3.8, 4) is 5.75 Å². The van der Waals surface area contributed by atoms with Crippen molar-refractivity contribution in [1.82, 2.24) is 14.8 Å². The lowest BCUT2D eigenvalue weighted by atomic mass is 10.2. The summed E-state index contributed by atoms with van der Waals surface area (Å²) in [6.45, 7) is 4.15. The Morgan fingerprint density at radius 1 is 1.21 bits per heavy atom. The SMILES string of the molecule is C=CCn1c(CC(=O)Nc2ccccc2OC)nnc1SCC(=O)Nc1ccc(Br)c(Cl)c1. The fourth-order valence-corrected chi connectivity index (χ4v) is 4.05. The first-order valence-corrected chi connectivity index (χ1v) is 11.9. The Kier molecular flexibility index (Phi) is 8.93. The molecular weight excluding hydrogens is 530 g/mol. The number of rotatable bonds is 10. The van der Waals surface area contributed by atoms with Crippen molar-refractivity contribution >= 4 is 62.5 Å². The van der Waals surface area contributed by atoms with Gasteiger partial charge in [-0.05, 0) is 46.3 Å². The van der Waals surface area contributed by atoms with Gasteiger partial charge in [0.2, 0.25) is 11.8 Å². The quantitative estimate of drug-likeness (QED) is 0.278. The third-order valence-corrected chi connectivity index (χ3v) is 6.54. The van der Waals surface area contributed by atoms with Crippen LogP contribution in [-0.2, 0) is 22.6 Å². The number of methoxy groups -OCH3 is 1. The molecule has 0 bridgehead atoms. The third-order valence-electron chi connectivity index (χ3n) is 4.34. The maximum atomic E-state index is 12.6. The molecule has 0 fully saturated rings. The molecule has 0 radical (unpaired) electrons. The lowest BCUT2D eigenvalue weighted by Gasteiger charge is -2.11. The molecule has 2 aromatic carbocycles.